The highest BCUT2D eigenvalue weighted by atomic mass is 79.9. The maximum absolute atomic E-state index is 13.0. The molecule has 1 aromatic carbocycles. The SMILES string of the molecule is CCc1c[nH]c2cc(F)cc(Br)c12. The van der Waals surface area contributed by atoms with Crippen molar-refractivity contribution in [1.82, 2.24) is 4.98 Å². The molecular formula is C10H9BrFN. The Morgan fingerprint density at radius 1 is 1.46 bits per heavy atom. The van der Waals surface area contributed by atoms with Gasteiger partial charge in [-0.25, -0.2) is 4.39 Å². The van der Waals surface area contributed by atoms with Gasteiger partial charge in [-0.3, -0.25) is 0 Å². The van der Waals surface area contributed by atoms with Crippen molar-refractivity contribution in [3.8, 4) is 0 Å². The lowest BCUT2D eigenvalue weighted by Crippen LogP contribution is -1.79. The van der Waals surface area contributed by atoms with Gasteiger partial charge in [-0.1, -0.05) is 6.92 Å². The number of H-pyrrole nitrogens is 1. The third-order valence-corrected chi connectivity index (χ3v) is 2.78. The fourth-order valence-corrected chi connectivity index (χ4v) is 2.22. The summed E-state index contributed by atoms with van der Waals surface area (Å²) >= 11 is 3.36. The number of rotatable bonds is 1. The lowest BCUT2D eigenvalue weighted by Gasteiger charge is -1.97. The van der Waals surface area contributed by atoms with E-state index in [4.69, 9.17) is 0 Å². The van der Waals surface area contributed by atoms with E-state index in [1.807, 2.05) is 6.20 Å². The molecule has 0 amide bonds. The molecule has 0 aliphatic heterocycles. The molecule has 0 fully saturated rings. The molecule has 1 aromatic heterocycles. The number of nitrogens with one attached hydrogen (secondary N) is 1. The molecule has 1 nitrogen and oxygen atoms in total. The molecule has 3 heteroatoms. The van der Waals surface area contributed by atoms with Gasteiger partial charge in [0, 0.05) is 21.6 Å². The molecule has 0 aliphatic carbocycles. The number of fused-ring (bicyclic) bond motifs is 1. The van der Waals surface area contributed by atoms with E-state index in [1.165, 1.54) is 17.7 Å². The first kappa shape index (κ1) is 8.75. The summed E-state index contributed by atoms with van der Waals surface area (Å²) in [6, 6.07) is 3.01. The molecule has 0 saturated heterocycles. The zero-order valence-corrected chi connectivity index (χ0v) is 8.78. The zero-order chi connectivity index (χ0) is 9.42. The van der Waals surface area contributed by atoms with Gasteiger partial charge in [0.05, 0.1) is 0 Å². The summed E-state index contributed by atoms with van der Waals surface area (Å²) < 4.78 is 13.8. The first-order valence-electron chi connectivity index (χ1n) is 4.17. The van der Waals surface area contributed by atoms with Gasteiger partial charge in [-0.05, 0) is 40.0 Å². The Labute approximate surface area is 84.1 Å². The number of benzene rings is 1. The molecule has 0 bridgehead atoms. The predicted molar refractivity (Wildman–Crippen MR) is 55.3 cm³/mol. The molecular weight excluding hydrogens is 233 g/mol. The molecule has 13 heavy (non-hydrogen) atoms. The Balaban J connectivity index is 2.82. The van der Waals surface area contributed by atoms with Gasteiger partial charge in [0.2, 0.25) is 0 Å². The number of halogens is 2. The van der Waals surface area contributed by atoms with Gasteiger partial charge in [0.15, 0.2) is 0 Å². The van der Waals surface area contributed by atoms with Gasteiger partial charge < -0.3 is 4.98 Å². The van der Waals surface area contributed by atoms with Crippen LogP contribution in [0.5, 0.6) is 0 Å². The van der Waals surface area contributed by atoms with Gasteiger partial charge in [-0.15, -0.1) is 0 Å². The van der Waals surface area contributed by atoms with Crippen LogP contribution >= 0.6 is 15.9 Å². The van der Waals surface area contributed by atoms with Crippen molar-refractivity contribution in [2.24, 2.45) is 0 Å². The molecule has 2 aromatic rings. The summed E-state index contributed by atoms with van der Waals surface area (Å²) in [6.45, 7) is 2.08. The predicted octanol–water partition coefficient (Wildman–Crippen LogP) is 3.63. The van der Waals surface area contributed by atoms with Crippen molar-refractivity contribution in [1.29, 1.82) is 0 Å². The maximum atomic E-state index is 13.0. The van der Waals surface area contributed by atoms with Crippen molar-refractivity contribution >= 4 is 26.8 Å². The van der Waals surface area contributed by atoms with E-state index < -0.39 is 0 Å². The van der Waals surface area contributed by atoms with Crippen molar-refractivity contribution < 1.29 is 4.39 Å². The van der Waals surface area contributed by atoms with Gasteiger partial charge in [0.1, 0.15) is 5.82 Å². The van der Waals surface area contributed by atoms with Crippen molar-refractivity contribution in [2.45, 2.75) is 13.3 Å². The number of aryl methyl sites for hydroxylation is 1. The smallest absolute Gasteiger partial charge is 0.126 e. The van der Waals surface area contributed by atoms with Crippen LogP contribution in [0.4, 0.5) is 4.39 Å². The van der Waals surface area contributed by atoms with Crippen LogP contribution in [0.25, 0.3) is 10.9 Å². The van der Waals surface area contributed by atoms with Gasteiger partial charge in [-0.2, -0.15) is 0 Å². The van der Waals surface area contributed by atoms with E-state index in [2.05, 4.69) is 27.8 Å². The molecule has 2 rings (SSSR count). The van der Waals surface area contributed by atoms with E-state index in [1.54, 1.807) is 0 Å². The van der Waals surface area contributed by atoms with Crippen molar-refractivity contribution in [2.75, 3.05) is 0 Å². The topological polar surface area (TPSA) is 15.8 Å². The van der Waals surface area contributed by atoms with Crippen LogP contribution in [0.15, 0.2) is 22.8 Å². The molecule has 1 heterocycles. The fourth-order valence-electron chi connectivity index (χ4n) is 1.53. The van der Waals surface area contributed by atoms with Crippen molar-refractivity contribution in [3.05, 3.63) is 34.2 Å². The highest BCUT2D eigenvalue weighted by molar-refractivity contribution is 9.10. The Morgan fingerprint density at radius 3 is 2.92 bits per heavy atom. The average molecular weight is 242 g/mol. The lowest BCUT2D eigenvalue weighted by molar-refractivity contribution is 0.628. The van der Waals surface area contributed by atoms with Crippen LogP contribution in [0.1, 0.15) is 12.5 Å². The number of aromatic nitrogens is 1. The minimum absolute atomic E-state index is 0.219. The van der Waals surface area contributed by atoms with Crippen LogP contribution in [-0.4, -0.2) is 4.98 Å². The first-order chi connectivity index (χ1) is 6.22. The summed E-state index contributed by atoms with van der Waals surface area (Å²) in [4.78, 5) is 3.05. The van der Waals surface area contributed by atoms with Crippen LogP contribution in [0.2, 0.25) is 0 Å². The van der Waals surface area contributed by atoms with Crippen LogP contribution in [-0.2, 0) is 6.42 Å². The minimum atomic E-state index is -0.219. The van der Waals surface area contributed by atoms with E-state index >= 15 is 0 Å². The third kappa shape index (κ3) is 1.37. The highest BCUT2D eigenvalue weighted by Gasteiger charge is 2.07. The van der Waals surface area contributed by atoms with E-state index in [9.17, 15) is 4.39 Å². The van der Waals surface area contributed by atoms with Crippen LogP contribution in [0.3, 0.4) is 0 Å². The molecule has 68 valence electrons. The second-order valence-electron chi connectivity index (χ2n) is 2.98. The largest absolute Gasteiger partial charge is 0.361 e. The summed E-state index contributed by atoms with van der Waals surface area (Å²) in [5.41, 5.74) is 2.06. The lowest BCUT2D eigenvalue weighted by atomic mass is 10.1. The molecule has 0 saturated carbocycles. The number of aromatic amines is 1. The molecule has 0 unspecified atom stereocenters. The maximum Gasteiger partial charge on any atom is 0.126 e. The van der Waals surface area contributed by atoms with E-state index in [-0.39, 0.29) is 5.82 Å². The highest BCUT2D eigenvalue weighted by Crippen LogP contribution is 2.28. The fraction of sp³-hybridized carbons (Fsp3) is 0.200. The molecule has 1 N–H and O–H groups in total. The van der Waals surface area contributed by atoms with Gasteiger partial charge >= 0.3 is 0 Å². The zero-order valence-electron chi connectivity index (χ0n) is 7.20. The third-order valence-electron chi connectivity index (χ3n) is 2.16. The number of hydrogen-bond donors (Lipinski definition) is 1. The van der Waals surface area contributed by atoms with Crippen molar-refractivity contribution in [3.63, 3.8) is 0 Å². The summed E-state index contributed by atoms with van der Waals surface area (Å²) in [6.07, 6.45) is 2.87. The number of hydrogen-bond acceptors (Lipinski definition) is 0. The first-order valence-corrected chi connectivity index (χ1v) is 4.96. The summed E-state index contributed by atoms with van der Waals surface area (Å²) in [7, 11) is 0. The van der Waals surface area contributed by atoms with Crippen LogP contribution < -0.4 is 0 Å². The average Bonchev–Trinajstić information content (AvgIpc) is 2.47. The molecule has 0 atom stereocenters. The summed E-state index contributed by atoms with van der Waals surface area (Å²) in [5, 5.41) is 1.09. The van der Waals surface area contributed by atoms with Gasteiger partial charge in [0.25, 0.3) is 0 Å². The molecule has 0 aliphatic rings. The summed E-state index contributed by atoms with van der Waals surface area (Å²) in [5.74, 6) is -0.219. The second kappa shape index (κ2) is 3.14. The molecule has 0 spiro atoms. The van der Waals surface area contributed by atoms with Crippen LogP contribution in [0, 0.1) is 5.82 Å². The quantitative estimate of drug-likeness (QED) is 0.785. The Hall–Kier alpha value is -0.830. The normalized spacial score (nSPS) is 11.0. The second-order valence-corrected chi connectivity index (χ2v) is 3.83. The standard InChI is InChI=1S/C10H9BrFN/c1-2-6-5-13-9-4-7(12)3-8(11)10(6)9/h3-5,13H,2H2,1H3. The Kier molecular flexibility index (Phi) is 2.12. The Morgan fingerprint density at radius 2 is 2.23 bits per heavy atom. The van der Waals surface area contributed by atoms with E-state index in [0.29, 0.717) is 0 Å². The Bertz CT molecular complexity index is 447. The minimum Gasteiger partial charge on any atom is -0.361 e. The monoisotopic (exact) mass is 241 g/mol. The van der Waals surface area contributed by atoms with E-state index in [0.717, 1.165) is 21.8 Å². The molecule has 0 radical (unpaired) electrons.